The maximum atomic E-state index is 12.7. The zero-order valence-electron chi connectivity index (χ0n) is 32.4. The van der Waals surface area contributed by atoms with Crippen LogP contribution in [-0.2, 0) is 38.1 Å². The number of Topliss-reactive ketones (excluding diaryl/α,β-unsaturated/α-hetero) is 1. The highest BCUT2D eigenvalue weighted by atomic mass is 16.6. The van der Waals surface area contributed by atoms with E-state index in [0.717, 1.165) is 44.4 Å². The van der Waals surface area contributed by atoms with Crippen molar-refractivity contribution in [2.45, 2.75) is 130 Å². The van der Waals surface area contributed by atoms with Crippen LogP contribution < -0.4 is 0 Å². The molecule has 2 aliphatic heterocycles. The van der Waals surface area contributed by atoms with Gasteiger partial charge in [-0.2, -0.15) is 0 Å². The number of ketones is 2. The number of aliphatic hydroxyl groups is 3. The van der Waals surface area contributed by atoms with Crippen molar-refractivity contribution in [3.8, 4) is 0 Å². The van der Waals surface area contributed by atoms with E-state index < -0.39 is 35.4 Å². The third-order valence-corrected chi connectivity index (χ3v) is 7.62. The van der Waals surface area contributed by atoms with E-state index in [1.54, 1.807) is 35.4 Å². The van der Waals surface area contributed by atoms with Crippen molar-refractivity contribution in [1.82, 2.24) is 4.90 Å². The lowest BCUT2D eigenvalue weighted by atomic mass is 9.88. The van der Waals surface area contributed by atoms with Gasteiger partial charge in [0.25, 0.3) is 11.7 Å². The van der Waals surface area contributed by atoms with Crippen LogP contribution in [0, 0.1) is 5.92 Å². The molecular weight excluding hydrogens is 646 g/mol. The summed E-state index contributed by atoms with van der Waals surface area (Å²) in [5, 5.41) is 27.3. The lowest BCUT2D eigenvalue weighted by molar-refractivity contribution is -0.240. The van der Waals surface area contributed by atoms with E-state index >= 15 is 0 Å². The van der Waals surface area contributed by atoms with Crippen LogP contribution in [0.25, 0.3) is 0 Å². The van der Waals surface area contributed by atoms with Crippen LogP contribution in [0.3, 0.4) is 0 Å². The van der Waals surface area contributed by atoms with Crippen molar-refractivity contribution < 1.29 is 53.4 Å². The van der Waals surface area contributed by atoms with E-state index in [0.29, 0.717) is 32.2 Å². The van der Waals surface area contributed by atoms with Crippen LogP contribution in [0.1, 0.15) is 112 Å². The minimum absolute atomic E-state index is 0.0359. The molecule has 0 spiro atoms. The SMILES string of the molecule is C=C/C=C(\C)CC.CC(=O)/C=C\O.CCCOC(=O)C1CCCCN1C(=O)C(=O)C1(O)OCCCC1C.COC.COC.OC1CCCCC1. The summed E-state index contributed by atoms with van der Waals surface area (Å²) < 4.78 is 18.9. The summed E-state index contributed by atoms with van der Waals surface area (Å²) in [5.74, 6) is -5.02. The predicted octanol–water partition coefficient (Wildman–Crippen LogP) is 6.04. The molecule has 1 saturated carbocycles. The largest absolute Gasteiger partial charge is 0.515 e. The van der Waals surface area contributed by atoms with Gasteiger partial charge < -0.3 is 39.2 Å². The summed E-state index contributed by atoms with van der Waals surface area (Å²) in [6.07, 6.45) is 16.7. The number of methoxy groups -OCH3 is 2. The van der Waals surface area contributed by atoms with Gasteiger partial charge in [-0.05, 0) is 71.6 Å². The van der Waals surface area contributed by atoms with Gasteiger partial charge in [0.15, 0.2) is 5.78 Å². The quantitative estimate of drug-likeness (QED) is 0.0881. The van der Waals surface area contributed by atoms with Crippen LogP contribution in [0.4, 0.5) is 0 Å². The first-order valence-corrected chi connectivity index (χ1v) is 17.7. The van der Waals surface area contributed by atoms with Crippen molar-refractivity contribution in [3.63, 3.8) is 0 Å². The molecule has 12 nitrogen and oxygen atoms in total. The molecule has 3 fully saturated rings. The summed E-state index contributed by atoms with van der Waals surface area (Å²) >= 11 is 0. The van der Waals surface area contributed by atoms with Crippen LogP contribution in [0.5, 0.6) is 0 Å². The van der Waals surface area contributed by atoms with Crippen molar-refractivity contribution >= 4 is 23.4 Å². The van der Waals surface area contributed by atoms with Gasteiger partial charge in [-0.1, -0.05) is 64.3 Å². The maximum absolute atomic E-state index is 12.7. The number of rotatable bonds is 8. The number of likely N-dealkylation sites (tertiary alicyclic amines) is 1. The Balaban J connectivity index is -0.000000687. The molecule has 0 aromatic rings. The molecular formula is C38H69NO11. The Hall–Kier alpha value is -2.90. The van der Waals surface area contributed by atoms with Gasteiger partial charge in [0.05, 0.1) is 25.6 Å². The molecule has 1 amide bonds. The minimum atomic E-state index is -2.09. The number of carbonyl (C=O) groups excluding carboxylic acids is 4. The van der Waals surface area contributed by atoms with Crippen LogP contribution >= 0.6 is 0 Å². The van der Waals surface area contributed by atoms with Crippen LogP contribution in [0.2, 0.25) is 0 Å². The number of piperidine rings is 1. The van der Waals surface area contributed by atoms with E-state index in [1.165, 1.54) is 36.7 Å². The Morgan fingerprint density at radius 1 is 0.920 bits per heavy atom. The zero-order chi connectivity index (χ0) is 39.0. The first-order chi connectivity index (χ1) is 23.7. The van der Waals surface area contributed by atoms with Gasteiger partial charge >= 0.3 is 5.97 Å². The lowest BCUT2D eigenvalue weighted by Gasteiger charge is -2.39. The third kappa shape index (κ3) is 24.3. The molecule has 3 rings (SSSR count). The molecule has 3 aliphatic rings. The fourth-order valence-electron chi connectivity index (χ4n) is 4.75. The summed E-state index contributed by atoms with van der Waals surface area (Å²) in [6.45, 7) is 13.6. The highest BCUT2D eigenvalue weighted by Gasteiger charge is 2.50. The highest BCUT2D eigenvalue weighted by molar-refractivity contribution is 6.39. The topological polar surface area (TPSA) is 169 Å². The second kappa shape index (κ2) is 33.3. The molecule has 292 valence electrons. The molecule has 0 aromatic carbocycles. The molecule has 12 heteroatoms. The van der Waals surface area contributed by atoms with Gasteiger partial charge in [0.1, 0.15) is 6.04 Å². The Bertz CT molecular complexity index is 974. The van der Waals surface area contributed by atoms with E-state index in [9.17, 15) is 24.3 Å². The standard InChI is InChI=1S/C17H27NO6.C7H12.C6H12O.C4H6O2.2C2H6O/c1-3-10-23-16(21)13-8-4-5-9-18(13)15(20)14(19)17(22)12(2)7-6-11-24-17;1-4-6-7(3)5-2;7-6-4-2-1-3-5-6;1-4(6)2-3-5;2*1-3-2/h12-13,22H,3-11H2,1-2H3;4,6H,1,5H2,2-3H3;6-7H,1-5H2;2-3,5H,1H3;2*1-2H3/b;7-6+;;3-2-;;. The predicted molar refractivity (Wildman–Crippen MR) is 197 cm³/mol. The number of hydrogen-bond donors (Lipinski definition) is 3. The second-order valence-corrected chi connectivity index (χ2v) is 12.2. The average Bonchev–Trinajstić information content (AvgIpc) is 3.10. The molecule has 0 radical (unpaired) electrons. The summed E-state index contributed by atoms with van der Waals surface area (Å²) in [5.41, 5.74) is 1.38. The van der Waals surface area contributed by atoms with E-state index in [2.05, 4.69) is 29.9 Å². The normalized spacial score (nSPS) is 21.7. The summed E-state index contributed by atoms with van der Waals surface area (Å²) in [6, 6.07) is -0.760. The van der Waals surface area contributed by atoms with Crippen LogP contribution in [0.15, 0.2) is 36.6 Å². The van der Waals surface area contributed by atoms with Gasteiger partial charge in [0.2, 0.25) is 5.79 Å². The van der Waals surface area contributed by atoms with Gasteiger partial charge in [0, 0.05) is 47.0 Å². The Morgan fingerprint density at radius 2 is 1.48 bits per heavy atom. The zero-order valence-corrected chi connectivity index (χ0v) is 32.4. The lowest BCUT2D eigenvalue weighted by Crippen LogP contribution is -2.59. The van der Waals surface area contributed by atoms with E-state index in [1.807, 2.05) is 19.1 Å². The smallest absolute Gasteiger partial charge is 0.328 e. The van der Waals surface area contributed by atoms with E-state index in [-0.39, 0.29) is 25.1 Å². The number of esters is 1. The highest BCUT2D eigenvalue weighted by Crippen LogP contribution is 2.31. The molecule has 2 saturated heterocycles. The number of allylic oxidation sites excluding steroid dienone is 4. The first kappa shape index (κ1) is 51.5. The third-order valence-electron chi connectivity index (χ3n) is 7.62. The number of carbonyl (C=O) groups is 4. The van der Waals surface area contributed by atoms with Gasteiger partial charge in [-0.15, -0.1) is 0 Å². The van der Waals surface area contributed by atoms with Crippen molar-refractivity contribution in [3.05, 3.63) is 36.6 Å². The van der Waals surface area contributed by atoms with Crippen molar-refractivity contribution in [2.24, 2.45) is 5.92 Å². The fourth-order valence-corrected chi connectivity index (χ4v) is 4.75. The van der Waals surface area contributed by atoms with Gasteiger partial charge in [-0.3, -0.25) is 14.4 Å². The molecule has 3 N–H and O–H groups in total. The number of nitrogens with zero attached hydrogens (tertiary/aromatic N) is 1. The van der Waals surface area contributed by atoms with E-state index in [4.69, 9.17) is 19.7 Å². The van der Waals surface area contributed by atoms with Crippen molar-refractivity contribution in [1.29, 1.82) is 0 Å². The molecule has 3 unspecified atom stereocenters. The second-order valence-electron chi connectivity index (χ2n) is 12.2. The fraction of sp³-hybridized carbons (Fsp3) is 0.737. The molecule has 50 heavy (non-hydrogen) atoms. The monoisotopic (exact) mass is 715 g/mol. The minimum Gasteiger partial charge on any atom is -0.515 e. The molecule has 0 bridgehead atoms. The Kier molecular flexibility index (Phi) is 34.2. The summed E-state index contributed by atoms with van der Waals surface area (Å²) in [4.78, 5) is 48.5. The molecule has 1 aliphatic carbocycles. The average molecular weight is 716 g/mol. The number of aliphatic hydroxyl groups excluding tert-OH is 2. The Morgan fingerprint density at radius 3 is 1.86 bits per heavy atom. The van der Waals surface area contributed by atoms with Crippen molar-refractivity contribution in [2.75, 3.05) is 48.2 Å². The van der Waals surface area contributed by atoms with Gasteiger partial charge in [-0.25, -0.2) is 4.79 Å². The summed E-state index contributed by atoms with van der Waals surface area (Å²) in [7, 11) is 6.50. The number of hydrogen-bond acceptors (Lipinski definition) is 11. The van der Waals surface area contributed by atoms with Crippen LogP contribution in [-0.4, -0.2) is 110 Å². The molecule has 3 atom stereocenters. The number of ether oxygens (including phenoxy) is 4. The molecule has 2 heterocycles. The molecule has 0 aromatic heterocycles. The maximum Gasteiger partial charge on any atom is 0.328 e. The number of amides is 1. The first-order valence-electron chi connectivity index (χ1n) is 17.7. The Labute approximate surface area is 301 Å².